The van der Waals surface area contributed by atoms with Crippen molar-refractivity contribution in [1.29, 1.82) is 0 Å². The molecule has 0 aromatic carbocycles. The van der Waals surface area contributed by atoms with Crippen molar-refractivity contribution in [2.24, 2.45) is 0 Å². The lowest BCUT2D eigenvalue weighted by atomic mass is 10.2. The molecule has 2 fully saturated rings. The molecule has 0 saturated carbocycles. The van der Waals surface area contributed by atoms with Crippen LogP contribution in [0, 0.1) is 0 Å². The number of piperazine rings is 1. The Morgan fingerprint density at radius 3 is 2.75 bits per heavy atom. The average Bonchev–Trinajstić information content (AvgIpc) is 3.28. The Balaban J connectivity index is 1.41. The highest BCUT2D eigenvalue weighted by Crippen LogP contribution is 2.16. The van der Waals surface area contributed by atoms with Crippen molar-refractivity contribution in [1.82, 2.24) is 14.7 Å². The monoisotopic (exact) mass is 351 g/mol. The van der Waals surface area contributed by atoms with Gasteiger partial charge in [-0.15, -0.1) is 11.3 Å². The third kappa shape index (κ3) is 4.34. The molecule has 2 amide bonds. The molecular formula is C17H25N3O3S. The van der Waals surface area contributed by atoms with Crippen molar-refractivity contribution in [3.63, 3.8) is 0 Å². The number of amides is 2. The molecule has 0 N–H and O–H groups in total. The minimum atomic E-state index is -0.241. The summed E-state index contributed by atoms with van der Waals surface area (Å²) in [5.41, 5.74) is 0. The number of thiophene rings is 1. The predicted molar refractivity (Wildman–Crippen MR) is 92.8 cm³/mol. The lowest BCUT2D eigenvalue weighted by molar-refractivity contribution is -0.143. The van der Waals surface area contributed by atoms with E-state index in [-0.39, 0.29) is 17.9 Å². The number of likely N-dealkylation sites (N-methyl/N-ethyl adjacent to an activating group) is 1. The topological polar surface area (TPSA) is 53.1 Å². The van der Waals surface area contributed by atoms with Crippen LogP contribution in [-0.4, -0.2) is 79.0 Å². The lowest BCUT2D eigenvalue weighted by Crippen LogP contribution is -2.53. The Bertz CT molecular complexity index is 549. The van der Waals surface area contributed by atoms with Crippen LogP contribution in [0.3, 0.4) is 0 Å². The highest BCUT2D eigenvalue weighted by Gasteiger charge is 2.30. The van der Waals surface area contributed by atoms with E-state index in [0.717, 1.165) is 25.9 Å². The van der Waals surface area contributed by atoms with Gasteiger partial charge >= 0.3 is 0 Å². The van der Waals surface area contributed by atoms with Crippen molar-refractivity contribution < 1.29 is 14.3 Å². The number of hydrogen-bond acceptors (Lipinski definition) is 5. The van der Waals surface area contributed by atoms with Crippen LogP contribution in [0.1, 0.15) is 17.7 Å². The van der Waals surface area contributed by atoms with E-state index in [4.69, 9.17) is 4.74 Å². The second-order valence-electron chi connectivity index (χ2n) is 6.43. The Hall–Kier alpha value is -1.44. The quantitative estimate of drug-likeness (QED) is 0.795. The van der Waals surface area contributed by atoms with E-state index in [0.29, 0.717) is 32.8 Å². The van der Waals surface area contributed by atoms with E-state index < -0.39 is 0 Å². The van der Waals surface area contributed by atoms with Crippen LogP contribution >= 0.6 is 11.3 Å². The first-order chi connectivity index (χ1) is 11.6. The molecule has 1 aromatic rings. The van der Waals surface area contributed by atoms with Gasteiger partial charge in [0, 0.05) is 44.7 Å². The van der Waals surface area contributed by atoms with E-state index in [1.54, 1.807) is 16.2 Å². The Morgan fingerprint density at radius 2 is 2.12 bits per heavy atom. The van der Waals surface area contributed by atoms with Crippen molar-refractivity contribution in [3.05, 3.63) is 22.4 Å². The summed E-state index contributed by atoms with van der Waals surface area (Å²) in [5.74, 6) is 0.246. The van der Waals surface area contributed by atoms with Crippen molar-refractivity contribution in [2.75, 3.05) is 46.4 Å². The molecule has 3 rings (SSSR count). The fourth-order valence-corrected chi connectivity index (χ4v) is 3.90. The van der Waals surface area contributed by atoms with Crippen LogP contribution in [-0.2, 0) is 20.9 Å². The summed E-state index contributed by atoms with van der Waals surface area (Å²) in [6.45, 7) is 4.63. The van der Waals surface area contributed by atoms with Crippen molar-refractivity contribution >= 4 is 23.2 Å². The van der Waals surface area contributed by atoms with Crippen LogP contribution in [0.2, 0.25) is 0 Å². The van der Waals surface area contributed by atoms with E-state index in [2.05, 4.69) is 4.90 Å². The summed E-state index contributed by atoms with van der Waals surface area (Å²) in [4.78, 5) is 31.7. The van der Waals surface area contributed by atoms with Gasteiger partial charge in [0.25, 0.3) is 5.91 Å². The van der Waals surface area contributed by atoms with Gasteiger partial charge < -0.3 is 14.5 Å². The van der Waals surface area contributed by atoms with Gasteiger partial charge in [0.15, 0.2) is 0 Å². The molecule has 0 aliphatic carbocycles. The van der Waals surface area contributed by atoms with Gasteiger partial charge in [-0.05, 0) is 24.3 Å². The summed E-state index contributed by atoms with van der Waals surface area (Å²) in [6.07, 6.45) is 1.57. The Labute approximate surface area is 147 Å². The van der Waals surface area contributed by atoms with Gasteiger partial charge in [-0.3, -0.25) is 14.5 Å². The van der Waals surface area contributed by atoms with E-state index in [1.165, 1.54) is 4.88 Å². The number of hydrogen-bond donors (Lipinski definition) is 0. The highest BCUT2D eigenvalue weighted by atomic mass is 32.1. The number of nitrogens with zero attached hydrogens (tertiary/aromatic N) is 3. The molecule has 2 saturated heterocycles. The molecule has 2 aliphatic rings. The largest absolute Gasteiger partial charge is 0.368 e. The molecule has 132 valence electrons. The second-order valence-corrected chi connectivity index (χ2v) is 7.46. The second kappa shape index (κ2) is 8.09. The molecule has 1 unspecified atom stereocenters. The average molecular weight is 351 g/mol. The number of carbonyl (C=O) groups is 2. The third-order valence-corrected chi connectivity index (χ3v) is 5.51. The molecule has 2 aliphatic heterocycles. The lowest BCUT2D eigenvalue weighted by Gasteiger charge is -2.35. The van der Waals surface area contributed by atoms with Gasteiger partial charge in [0.05, 0.1) is 13.1 Å². The van der Waals surface area contributed by atoms with Crippen LogP contribution < -0.4 is 0 Å². The molecule has 0 spiro atoms. The first-order valence-corrected chi connectivity index (χ1v) is 9.40. The molecule has 7 heteroatoms. The molecule has 3 heterocycles. The summed E-state index contributed by atoms with van der Waals surface area (Å²) in [7, 11) is 1.85. The standard InChI is InChI=1S/C17H25N3O3S/c1-18(12-14-4-3-11-24-14)16(21)13-19-6-8-20(9-7-19)17(22)15-5-2-10-23-15/h3-4,11,15H,2,5-10,12-13H2,1H3. The number of ether oxygens (including phenoxy) is 1. The van der Waals surface area contributed by atoms with E-state index in [9.17, 15) is 9.59 Å². The normalized spacial score (nSPS) is 21.9. The highest BCUT2D eigenvalue weighted by molar-refractivity contribution is 7.09. The molecular weight excluding hydrogens is 326 g/mol. The fraction of sp³-hybridized carbons (Fsp3) is 0.647. The SMILES string of the molecule is CN(Cc1cccs1)C(=O)CN1CCN(C(=O)C2CCCO2)CC1. The van der Waals surface area contributed by atoms with Gasteiger partial charge in [-0.25, -0.2) is 0 Å². The summed E-state index contributed by atoms with van der Waals surface area (Å²) >= 11 is 1.67. The minimum absolute atomic E-state index is 0.119. The first kappa shape index (κ1) is 17.4. The van der Waals surface area contributed by atoms with Crippen LogP contribution in [0.4, 0.5) is 0 Å². The minimum Gasteiger partial charge on any atom is -0.368 e. The van der Waals surface area contributed by atoms with Gasteiger partial charge in [-0.1, -0.05) is 6.07 Å². The molecule has 6 nitrogen and oxygen atoms in total. The van der Waals surface area contributed by atoms with Crippen molar-refractivity contribution in [3.8, 4) is 0 Å². The smallest absolute Gasteiger partial charge is 0.251 e. The zero-order valence-corrected chi connectivity index (χ0v) is 15.0. The first-order valence-electron chi connectivity index (χ1n) is 8.52. The molecule has 1 aromatic heterocycles. The maximum atomic E-state index is 12.4. The summed E-state index contributed by atoms with van der Waals surface area (Å²) < 4.78 is 5.48. The van der Waals surface area contributed by atoms with E-state index >= 15 is 0 Å². The van der Waals surface area contributed by atoms with Gasteiger partial charge in [0.1, 0.15) is 6.10 Å². The Morgan fingerprint density at radius 1 is 1.33 bits per heavy atom. The number of rotatable bonds is 5. The van der Waals surface area contributed by atoms with Crippen LogP contribution in [0.15, 0.2) is 17.5 Å². The predicted octanol–water partition coefficient (Wildman–Crippen LogP) is 1.03. The maximum absolute atomic E-state index is 12.4. The van der Waals surface area contributed by atoms with Gasteiger partial charge in [-0.2, -0.15) is 0 Å². The summed E-state index contributed by atoms with van der Waals surface area (Å²) in [6, 6.07) is 4.05. The van der Waals surface area contributed by atoms with Crippen LogP contribution in [0.5, 0.6) is 0 Å². The fourth-order valence-electron chi connectivity index (χ4n) is 3.14. The maximum Gasteiger partial charge on any atom is 0.251 e. The molecule has 0 bridgehead atoms. The molecule has 0 radical (unpaired) electrons. The number of carbonyl (C=O) groups excluding carboxylic acids is 2. The zero-order chi connectivity index (χ0) is 16.9. The molecule has 24 heavy (non-hydrogen) atoms. The van der Waals surface area contributed by atoms with Crippen LogP contribution in [0.25, 0.3) is 0 Å². The van der Waals surface area contributed by atoms with Crippen molar-refractivity contribution in [2.45, 2.75) is 25.5 Å². The van der Waals surface area contributed by atoms with E-state index in [1.807, 2.05) is 29.5 Å². The summed E-state index contributed by atoms with van der Waals surface area (Å²) in [5, 5.41) is 2.03. The molecule has 1 atom stereocenters. The van der Waals surface area contributed by atoms with Gasteiger partial charge in [0.2, 0.25) is 5.91 Å². The Kier molecular flexibility index (Phi) is 5.86. The third-order valence-electron chi connectivity index (χ3n) is 4.65. The zero-order valence-electron chi connectivity index (χ0n) is 14.1.